The van der Waals surface area contributed by atoms with Gasteiger partial charge in [-0.15, -0.1) is 0 Å². The molecular weight excluding hydrogens is 164 g/mol. The van der Waals surface area contributed by atoms with Crippen LogP contribution in [0, 0.1) is 0 Å². The van der Waals surface area contributed by atoms with Gasteiger partial charge in [-0.3, -0.25) is 0 Å². The predicted molar refractivity (Wildman–Crippen MR) is 45.4 cm³/mol. The molecule has 0 atom stereocenters. The summed E-state index contributed by atoms with van der Waals surface area (Å²) in [5, 5.41) is 29.7. The fraction of sp³-hybridized carbons (Fsp3) is 0.857. The van der Waals surface area contributed by atoms with Crippen LogP contribution in [0.25, 0.3) is 0 Å². The first kappa shape index (κ1) is 17.3. The van der Waals surface area contributed by atoms with Crippen molar-refractivity contribution in [2.45, 2.75) is 26.7 Å². The average molecular weight is 182 g/mol. The molecule has 76 valence electrons. The lowest BCUT2D eigenvalue weighted by molar-refractivity contribution is 0.137. The molecule has 0 spiro atoms. The van der Waals surface area contributed by atoms with Crippen LogP contribution in [0.3, 0.4) is 0 Å². The van der Waals surface area contributed by atoms with Crippen LogP contribution in [0.2, 0.25) is 0 Å². The third-order valence-electron chi connectivity index (χ3n) is 0.447. The van der Waals surface area contributed by atoms with Crippen LogP contribution in [0.1, 0.15) is 26.7 Å². The standard InChI is InChI=1S/2C3H8O.CH2O3/c2*1-2-3-4;2-1(3)4/h2*4H,2-3H2,1H3;(H2,2,3,4). The van der Waals surface area contributed by atoms with E-state index in [4.69, 9.17) is 25.2 Å². The SMILES string of the molecule is CCCO.CCCO.O=C(O)O. The van der Waals surface area contributed by atoms with E-state index in [1.165, 1.54) is 0 Å². The molecule has 5 nitrogen and oxygen atoms in total. The first-order valence-corrected chi connectivity index (χ1v) is 3.70. The molecule has 0 aromatic heterocycles. The number of rotatable bonds is 2. The van der Waals surface area contributed by atoms with Crippen molar-refractivity contribution in [1.29, 1.82) is 0 Å². The van der Waals surface area contributed by atoms with Gasteiger partial charge in [-0.2, -0.15) is 0 Å². The predicted octanol–water partition coefficient (Wildman–Crippen LogP) is 1.000. The van der Waals surface area contributed by atoms with Gasteiger partial charge in [0.2, 0.25) is 0 Å². The minimum absolute atomic E-state index is 0.319. The minimum Gasteiger partial charge on any atom is -0.450 e. The van der Waals surface area contributed by atoms with Crippen LogP contribution < -0.4 is 0 Å². The highest BCUT2D eigenvalue weighted by Gasteiger charge is 1.70. The molecule has 0 amide bonds. The lowest BCUT2D eigenvalue weighted by Gasteiger charge is -1.69. The average Bonchev–Trinajstić information content (AvgIpc) is 2.03. The first-order valence-electron chi connectivity index (χ1n) is 3.70. The van der Waals surface area contributed by atoms with E-state index in [2.05, 4.69) is 0 Å². The van der Waals surface area contributed by atoms with Crippen LogP contribution >= 0.6 is 0 Å². The number of hydrogen-bond donors (Lipinski definition) is 4. The lowest BCUT2D eigenvalue weighted by Crippen LogP contribution is -1.81. The summed E-state index contributed by atoms with van der Waals surface area (Å²) in [5.74, 6) is 0. The smallest absolute Gasteiger partial charge is 0.450 e. The molecule has 0 saturated carbocycles. The molecule has 0 fully saturated rings. The van der Waals surface area contributed by atoms with E-state index in [0.29, 0.717) is 13.2 Å². The van der Waals surface area contributed by atoms with E-state index in [1.54, 1.807) is 0 Å². The Kier molecular flexibility index (Phi) is 32.4. The van der Waals surface area contributed by atoms with Gasteiger partial charge < -0.3 is 20.4 Å². The molecule has 0 bridgehead atoms. The van der Waals surface area contributed by atoms with Crippen LogP contribution in [0.15, 0.2) is 0 Å². The lowest BCUT2D eigenvalue weighted by atomic mass is 10.5. The molecule has 0 radical (unpaired) electrons. The largest absolute Gasteiger partial charge is 0.503 e. The second kappa shape index (κ2) is 22.5. The van der Waals surface area contributed by atoms with Gasteiger partial charge in [0.15, 0.2) is 0 Å². The van der Waals surface area contributed by atoms with Crippen molar-refractivity contribution in [2.24, 2.45) is 0 Å². The van der Waals surface area contributed by atoms with Crippen molar-refractivity contribution in [2.75, 3.05) is 13.2 Å². The Labute approximate surface area is 72.3 Å². The Morgan fingerprint density at radius 2 is 1.08 bits per heavy atom. The van der Waals surface area contributed by atoms with Crippen LogP contribution in [-0.2, 0) is 0 Å². The van der Waals surface area contributed by atoms with E-state index >= 15 is 0 Å². The number of hydrogen-bond acceptors (Lipinski definition) is 3. The van der Waals surface area contributed by atoms with Gasteiger partial charge in [0.05, 0.1) is 0 Å². The maximum Gasteiger partial charge on any atom is 0.503 e. The van der Waals surface area contributed by atoms with E-state index in [9.17, 15) is 0 Å². The normalized spacial score (nSPS) is 7.00. The van der Waals surface area contributed by atoms with Gasteiger partial charge in [0.1, 0.15) is 0 Å². The van der Waals surface area contributed by atoms with E-state index in [-0.39, 0.29) is 0 Å². The molecule has 4 N–H and O–H groups in total. The quantitative estimate of drug-likeness (QED) is 0.510. The van der Waals surface area contributed by atoms with Gasteiger partial charge in [0, 0.05) is 13.2 Å². The Hall–Kier alpha value is -0.810. The first-order chi connectivity index (χ1) is 5.56. The summed E-state index contributed by atoms with van der Waals surface area (Å²) in [5.41, 5.74) is 0. The number of aliphatic hydroxyl groups excluding tert-OH is 2. The number of carbonyl (C=O) groups is 1. The molecule has 0 aliphatic rings. The third-order valence-corrected chi connectivity index (χ3v) is 0.447. The van der Waals surface area contributed by atoms with E-state index in [1.807, 2.05) is 13.8 Å². The zero-order valence-electron chi connectivity index (χ0n) is 7.53. The summed E-state index contributed by atoms with van der Waals surface area (Å²) in [6.07, 6.45) is -0.0833. The number of aliphatic hydroxyl groups is 2. The summed E-state index contributed by atoms with van der Waals surface area (Å²) in [6.45, 7) is 4.50. The monoisotopic (exact) mass is 182 g/mol. The molecule has 0 rings (SSSR count). The Morgan fingerprint density at radius 3 is 1.08 bits per heavy atom. The highest BCUT2D eigenvalue weighted by Crippen LogP contribution is 1.61. The van der Waals surface area contributed by atoms with E-state index < -0.39 is 6.16 Å². The topological polar surface area (TPSA) is 98.0 Å². The zero-order chi connectivity index (χ0) is 10.4. The van der Waals surface area contributed by atoms with Crippen LogP contribution in [-0.4, -0.2) is 39.8 Å². The van der Waals surface area contributed by atoms with E-state index in [0.717, 1.165) is 12.8 Å². The van der Waals surface area contributed by atoms with Crippen molar-refractivity contribution in [3.05, 3.63) is 0 Å². The fourth-order valence-electron chi connectivity index (χ4n) is 0. The fourth-order valence-corrected chi connectivity index (χ4v) is 0. The summed E-state index contributed by atoms with van der Waals surface area (Å²) >= 11 is 0. The summed E-state index contributed by atoms with van der Waals surface area (Å²) < 4.78 is 0. The van der Waals surface area contributed by atoms with Gasteiger partial charge in [-0.25, -0.2) is 4.79 Å². The molecule has 0 aliphatic carbocycles. The Balaban J connectivity index is -0.000000101. The maximum absolute atomic E-state index is 8.56. The summed E-state index contributed by atoms with van der Waals surface area (Å²) in [4.78, 5) is 8.56. The number of carboxylic acid groups (broad SMARTS) is 2. The molecule has 0 aromatic rings. The summed E-state index contributed by atoms with van der Waals surface area (Å²) in [6, 6.07) is 0. The van der Waals surface area contributed by atoms with Gasteiger partial charge in [-0.1, -0.05) is 13.8 Å². The molecule has 0 saturated heterocycles. The van der Waals surface area contributed by atoms with Crippen molar-refractivity contribution >= 4 is 6.16 Å². The third kappa shape index (κ3) is 435. The van der Waals surface area contributed by atoms with Gasteiger partial charge >= 0.3 is 6.16 Å². The van der Waals surface area contributed by atoms with Crippen LogP contribution in [0.5, 0.6) is 0 Å². The maximum atomic E-state index is 8.56. The molecule has 12 heavy (non-hydrogen) atoms. The van der Waals surface area contributed by atoms with Gasteiger partial charge in [0.25, 0.3) is 0 Å². The zero-order valence-corrected chi connectivity index (χ0v) is 7.53. The van der Waals surface area contributed by atoms with Crippen molar-refractivity contribution < 1.29 is 25.2 Å². The molecule has 5 heteroatoms. The Morgan fingerprint density at radius 1 is 1.00 bits per heavy atom. The molecule has 0 unspecified atom stereocenters. The second-order valence-corrected chi connectivity index (χ2v) is 1.73. The van der Waals surface area contributed by atoms with Crippen LogP contribution in [0.4, 0.5) is 4.79 Å². The molecule has 0 aliphatic heterocycles. The molecule has 0 aromatic carbocycles. The van der Waals surface area contributed by atoms with Crippen molar-refractivity contribution in [1.82, 2.24) is 0 Å². The van der Waals surface area contributed by atoms with Crippen molar-refractivity contribution in [3.8, 4) is 0 Å². The summed E-state index contributed by atoms with van der Waals surface area (Å²) in [7, 11) is 0. The Bertz CT molecular complexity index is 62.2. The molecular formula is C7H18O5. The highest BCUT2D eigenvalue weighted by atomic mass is 16.6. The highest BCUT2D eigenvalue weighted by molar-refractivity contribution is 5.53. The van der Waals surface area contributed by atoms with Gasteiger partial charge in [-0.05, 0) is 12.8 Å². The minimum atomic E-state index is -1.83. The van der Waals surface area contributed by atoms with Crippen molar-refractivity contribution in [3.63, 3.8) is 0 Å². The molecule has 0 heterocycles. The second-order valence-electron chi connectivity index (χ2n) is 1.73.